The number of aromatic nitrogens is 2. The molecule has 0 aliphatic rings. The predicted molar refractivity (Wildman–Crippen MR) is 50.3 cm³/mol. The molecule has 1 aromatic carbocycles. The van der Waals surface area contributed by atoms with E-state index in [4.69, 9.17) is 6.42 Å². The smallest absolute Gasteiger partial charge is 0.331 e. The van der Waals surface area contributed by atoms with Crippen molar-refractivity contribution in [3.8, 4) is 18.2 Å². The number of para-hydroxylation sites is 2. The van der Waals surface area contributed by atoms with Gasteiger partial charge in [0.1, 0.15) is 5.52 Å². The van der Waals surface area contributed by atoms with Crippen LogP contribution in [0.5, 0.6) is 5.88 Å². The van der Waals surface area contributed by atoms with Crippen LogP contribution in [0, 0.1) is 17.6 Å². The molecule has 4 nitrogen and oxygen atoms in total. The summed E-state index contributed by atoms with van der Waals surface area (Å²) in [6.45, 7) is 0. The molecule has 0 aliphatic heterocycles. The minimum absolute atomic E-state index is 0.163. The molecule has 68 valence electrons. The summed E-state index contributed by atoms with van der Waals surface area (Å²) in [5.41, 5.74) is 0.598. The summed E-state index contributed by atoms with van der Waals surface area (Å²) in [5, 5.41) is 20.9. The van der Waals surface area contributed by atoms with E-state index >= 15 is 0 Å². The molecule has 0 atom stereocenters. The lowest BCUT2D eigenvalue weighted by molar-refractivity contribution is -0.580. The van der Waals surface area contributed by atoms with Gasteiger partial charge < -0.3 is 10.3 Å². The highest BCUT2D eigenvalue weighted by molar-refractivity contribution is 5.71. The van der Waals surface area contributed by atoms with Gasteiger partial charge >= 0.3 is 5.69 Å². The third-order valence-electron chi connectivity index (χ3n) is 1.88. The van der Waals surface area contributed by atoms with Gasteiger partial charge in [-0.2, -0.15) is 4.73 Å². The molecule has 2 aromatic rings. The van der Waals surface area contributed by atoms with Crippen molar-refractivity contribution < 1.29 is 9.84 Å². The quantitative estimate of drug-likeness (QED) is 0.371. The van der Waals surface area contributed by atoms with Gasteiger partial charge in [0.2, 0.25) is 5.52 Å². The predicted octanol–water partition coefficient (Wildman–Crippen LogP) is 0.555. The molecule has 14 heavy (non-hydrogen) atoms. The summed E-state index contributed by atoms with van der Waals surface area (Å²) in [6, 6.07) is 6.65. The fourth-order valence-electron chi connectivity index (χ4n) is 1.23. The van der Waals surface area contributed by atoms with E-state index in [9.17, 15) is 10.3 Å². The van der Waals surface area contributed by atoms with E-state index in [2.05, 4.69) is 10.9 Å². The summed E-state index contributed by atoms with van der Waals surface area (Å²) in [4.78, 5) is 3.80. The highest BCUT2D eigenvalue weighted by Crippen LogP contribution is 2.14. The number of nitrogens with zero attached hydrogens (tertiary/aromatic N) is 2. The molecule has 1 aromatic heterocycles. The lowest BCUT2D eigenvalue weighted by Gasteiger charge is -2.03. The molecule has 0 saturated carbocycles. The highest BCUT2D eigenvalue weighted by atomic mass is 16.5. The summed E-state index contributed by atoms with van der Waals surface area (Å²) >= 11 is 0. The zero-order valence-electron chi connectivity index (χ0n) is 7.14. The van der Waals surface area contributed by atoms with Crippen molar-refractivity contribution in [1.82, 2.24) is 4.98 Å². The first-order valence-electron chi connectivity index (χ1n) is 3.92. The Kier molecular flexibility index (Phi) is 1.72. The van der Waals surface area contributed by atoms with Crippen LogP contribution in [0.1, 0.15) is 5.69 Å². The van der Waals surface area contributed by atoms with Gasteiger partial charge in [0.15, 0.2) is 0 Å². The summed E-state index contributed by atoms with van der Waals surface area (Å²) in [5.74, 6) is 1.68. The number of aromatic hydroxyl groups is 1. The van der Waals surface area contributed by atoms with Gasteiger partial charge in [-0.1, -0.05) is 12.1 Å². The van der Waals surface area contributed by atoms with Gasteiger partial charge in [-0.25, -0.2) is 4.98 Å². The first-order chi connectivity index (χ1) is 6.74. The Morgan fingerprint density at radius 2 is 2.14 bits per heavy atom. The molecule has 1 N–H and O–H groups in total. The SMILES string of the molecule is C#Cc1c(O)nc2ccccc2[n+]1[O-]. The molecule has 0 fully saturated rings. The summed E-state index contributed by atoms with van der Waals surface area (Å²) < 4.78 is 0.498. The van der Waals surface area contributed by atoms with E-state index in [1.54, 1.807) is 24.3 Å². The molecule has 0 radical (unpaired) electrons. The van der Waals surface area contributed by atoms with Crippen LogP contribution in [-0.4, -0.2) is 10.1 Å². The maximum atomic E-state index is 11.6. The van der Waals surface area contributed by atoms with Crippen LogP contribution in [-0.2, 0) is 0 Å². The molecule has 0 spiro atoms. The molecule has 0 amide bonds. The monoisotopic (exact) mass is 186 g/mol. The number of hydrogen-bond acceptors (Lipinski definition) is 3. The topological polar surface area (TPSA) is 60.1 Å². The van der Waals surface area contributed by atoms with E-state index < -0.39 is 5.88 Å². The van der Waals surface area contributed by atoms with Gasteiger partial charge in [0, 0.05) is 12.0 Å². The van der Waals surface area contributed by atoms with Crippen LogP contribution in [0.3, 0.4) is 0 Å². The van der Waals surface area contributed by atoms with Crippen molar-refractivity contribution in [2.75, 3.05) is 0 Å². The summed E-state index contributed by atoms with van der Waals surface area (Å²) in [6.07, 6.45) is 5.07. The van der Waals surface area contributed by atoms with Gasteiger partial charge in [-0.3, -0.25) is 0 Å². The van der Waals surface area contributed by atoms with Crippen LogP contribution >= 0.6 is 0 Å². The van der Waals surface area contributed by atoms with E-state index in [0.717, 1.165) is 0 Å². The van der Waals surface area contributed by atoms with E-state index in [1.807, 2.05) is 0 Å². The molecule has 0 unspecified atom stereocenters. The Morgan fingerprint density at radius 3 is 2.86 bits per heavy atom. The van der Waals surface area contributed by atoms with Gasteiger partial charge in [-0.05, 0) is 6.07 Å². The molecule has 0 aliphatic carbocycles. The maximum Gasteiger partial charge on any atom is 0.331 e. The van der Waals surface area contributed by atoms with Gasteiger partial charge in [0.05, 0.1) is 0 Å². The Balaban J connectivity index is 2.95. The van der Waals surface area contributed by atoms with Crippen molar-refractivity contribution in [2.45, 2.75) is 0 Å². The van der Waals surface area contributed by atoms with Crippen LogP contribution < -0.4 is 4.73 Å². The number of hydrogen-bond donors (Lipinski definition) is 1. The van der Waals surface area contributed by atoms with Gasteiger partial charge in [-0.15, -0.1) is 6.42 Å². The highest BCUT2D eigenvalue weighted by Gasteiger charge is 2.15. The third kappa shape index (κ3) is 1.04. The fourth-order valence-corrected chi connectivity index (χ4v) is 1.23. The van der Waals surface area contributed by atoms with Crippen molar-refractivity contribution in [1.29, 1.82) is 0 Å². The fraction of sp³-hybridized carbons (Fsp3) is 0. The van der Waals surface area contributed by atoms with Crippen LogP contribution in [0.25, 0.3) is 11.0 Å². The lowest BCUT2D eigenvalue weighted by Crippen LogP contribution is -2.31. The standard InChI is InChI=1S/C10H6N2O2/c1-2-8-10(13)11-7-5-3-4-6-9(7)12(8)14/h1,3-6H,(H,11,13). The molecule has 0 saturated heterocycles. The second kappa shape index (κ2) is 2.89. The first-order valence-corrected chi connectivity index (χ1v) is 3.92. The Labute approximate surface area is 80.0 Å². The second-order valence-corrected chi connectivity index (χ2v) is 2.71. The van der Waals surface area contributed by atoms with Crippen LogP contribution in [0.4, 0.5) is 0 Å². The minimum Gasteiger partial charge on any atom is -0.617 e. The average molecular weight is 186 g/mol. The normalized spacial score (nSPS) is 9.93. The van der Waals surface area contributed by atoms with Crippen molar-refractivity contribution >= 4 is 11.0 Å². The lowest BCUT2D eigenvalue weighted by atomic mass is 10.3. The van der Waals surface area contributed by atoms with Crippen LogP contribution in [0.15, 0.2) is 24.3 Å². The number of fused-ring (bicyclic) bond motifs is 1. The first kappa shape index (κ1) is 8.32. The minimum atomic E-state index is -0.416. The maximum absolute atomic E-state index is 11.6. The molecule has 2 rings (SSSR count). The largest absolute Gasteiger partial charge is 0.617 e. The zero-order chi connectivity index (χ0) is 10.1. The second-order valence-electron chi connectivity index (χ2n) is 2.71. The molecular weight excluding hydrogens is 180 g/mol. The van der Waals surface area contributed by atoms with E-state index in [0.29, 0.717) is 15.8 Å². The zero-order valence-corrected chi connectivity index (χ0v) is 7.14. The van der Waals surface area contributed by atoms with E-state index in [1.165, 1.54) is 0 Å². The summed E-state index contributed by atoms with van der Waals surface area (Å²) in [7, 11) is 0. The van der Waals surface area contributed by atoms with Crippen molar-refractivity contribution in [3.63, 3.8) is 0 Å². The van der Waals surface area contributed by atoms with Crippen molar-refractivity contribution in [3.05, 3.63) is 35.2 Å². The molecular formula is C10H6N2O2. The van der Waals surface area contributed by atoms with Crippen molar-refractivity contribution in [2.24, 2.45) is 0 Å². The Bertz CT molecular complexity index is 544. The van der Waals surface area contributed by atoms with Crippen LogP contribution in [0.2, 0.25) is 0 Å². The number of benzene rings is 1. The molecule has 0 bridgehead atoms. The Hall–Kier alpha value is -2.28. The number of rotatable bonds is 0. The Morgan fingerprint density at radius 1 is 1.43 bits per heavy atom. The third-order valence-corrected chi connectivity index (χ3v) is 1.88. The average Bonchev–Trinajstić information content (AvgIpc) is 2.18. The number of terminal acetylenes is 1. The van der Waals surface area contributed by atoms with Gasteiger partial charge in [0.25, 0.3) is 5.88 Å². The molecule has 1 heterocycles. The van der Waals surface area contributed by atoms with E-state index in [-0.39, 0.29) is 5.69 Å². The molecule has 4 heteroatoms.